The zero-order valence-corrected chi connectivity index (χ0v) is 14.7. The van der Waals surface area contributed by atoms with Crippen LogP contribution in [-0.2, 0) is 0 Å². The van der Waals surface area contributed by atoms with Crippen LogP contribution in [0.3, 0.4) is 0 Å². The molecule has 0 spiro atoms. The molecule has 0 radical (unpaired) electrons. The van der Waals surface area contributed by atoms with Crippen molar-refractivity contribution < 1.29 is 23.9 Å². The summed E-state index contributed by atoms with van der Waals surface area (Å²) >= 11 is 1.45. The predicted molar refractivity (Wildman–Crippen MR) is 94.1 cm³/mol. The normalized spacial score (nSPS) is 14.8. The number of rotatable bonds is 3. The summed E-state index contributed by atoms with van der Waals surface area (Å²) in [6.45, 7) is 1.61. The maximum Gasteiger partial charge on any atom is 0.335 e. The molecule has 8 heteroatoms. The Morgan fingerprint density at radius 3 is 2.23 bits per heavy atom. The number of aromatic carboxylic acids is 1. The van der Waals surface area contributed by atoms with Crippen LogP contribution in [-0.4, -0.2) is 58.9 Å². The van der Waals surface area contributed by atoms with Crippen LogP contribution in [0.2, 0.25) is 0 Å². The topological polar surface area (TPSA) is 77.9 Å². The third-order valence-electron chi connectivity index (χ3n) is 4.28. The summed E-state index contributed by atoms with van der Waals surface area (Å²) in [4.78, 5) is 39.1. The summed E-state index contributed by atoms with van der Waals surface area (Å²) in [5.74, 6) is -2.67. The monoisotopic (exact) mass is 376 g/mol. The van der Waals surface area contributed by atoms with Crippen molar-refractivity contribution in [2.75, 3.05) is 26.2 Å². The highest BCUT2D eigenvalue weighted by molar-refractivity contribution is 7.08. The Morgan fingerprint density at radius 1 is 0.962 bits per heavy atom. The highest BCUT2D eigenvalue weighted by atomic mass is 32.1. The average molecular weight is 376 g/mol. The third-order valence-corrected chi connectivity index (χ3v) is 4.97. The van der Waals surface area contributed by atoms with Crippen molar-refractivity contribution in [2.45, 2.75) is 6.42 Å². The van der Waals surface area contributed by atoms with E-state index in [9.17, 15) is 18.8 Å². The predicted octanol–water partition coefficient (Wildman–Crippen LogP) is 2.57. The number of hydrogen-bond acceptors (Lipinski definition) is 4. The number of carbonyl (C=O) groups excluding carboxylic acids is 2. The summed E-state index contributed by atoms with van der Waals surface area (Å²) in [5, 5.41) is 12.5. The van der Waals surface area contributed by atoms with Crippen LogP contribution in [0.5, 0.6) is 0 Å². The van der Waals surface area contributed by atoms with Gasteiger partial charge in [-0.3, -0.25) is 9.59 Å². The quantitative estimate of drug-likeness (QED) is 0.893. The van der Waals surface area contributed by atoms with Crippen molar-refractivity contribution in [3.05, 3.63) is 57.5 Å². The molecule has 2 heterocycles. The highest BCUT2D eigenvalue weighted by Crippen LogP contribution is 2.16. The molecule has 1 saturated heterocycles. The van der Waals surface area contributed by atoms with E-state index in [-0.39, 0.29) is 17.0 Å². The average Bonchev–Trinajstić information content (AvgIpc) is 3.05. The van der Waals surface area contributed by atoms with Crippen LogP contribution in [0.15, 0.2) is 35.0 Å². The number of carbonyl (C=O) groups is 3. The lowest BCUT2D eigenvalue weighted by Crippen LogP contribution is -2.37. The smallest absolute Gasteiger partial charge is 0.335 e. The second-order valence-corrected chi connectivity index (χ2v) is 6.73. The van der Waals surface area contributed by atoms with E-state index in [2.05, 4.69) is 0 Å². The first-order valence-electron chi connectivity index (χ1n) is 8.11. The molecule has 26 heavy (non-hydrogen) atoms. The second-order valence-electron chi connectivity index (χ2n) is 5.95. The van der Waals surface area contributed by atoms with Crippen molar-refractivity contribution in [3.63, 3.8) is 0 Å². The van der Waals surface area contributed by atoms with Gasteiger partial charge in [-0.2, -0.15) is 11.3 Å². The van der Waals surface area contributed by atoms with Crippen molar-refractivity contribution in [1.29, 1.82) is 0 Å². The Bertz CT molecular complexity index is 838. The number of halogens is 1. The molecule has 0 atom stereocenters. The van der Waals surface area contributed by atoms with Gasteiger partial charge in [-0.25, -0.2) is 9.18 Å². The SMILES string of the molecule is O=C(O)c1ccc(C(=O)N2CCCN(C(=O)c3ccsc3)CC2)c(F)c1. The number of nitrogens with zero attached hydrogens (tertiary/aromatic N) is 2. The Labute approximate surface area is 153 Å². The molecular formula is C18H17FN2O4S. The molecule has 6 nitrogen and oxygen atoms in total. The summed E-state index contributed by atoms with van der Waals surface area (Å²) in [6.07, 6.45) is 0.594. The van der Waals surface area contributed by atoms with E-state index in [1.165, 1.54) is 28.4 Å². The molecule has 0 aliphatic carbocycles. The molecule has 0 saturated carbocycles. The third kappa shape index (κ3) is 3.75. The van der Waals surface area contributed by atoms with Crippen molar-refractivity contribution in [3.8, 4) is 0 Å². The zero-order valence-electron chi connectivity index (χ0n) is 13.9. The molecule has 1 aliphatic heterocycles. The highest BCUT2D eigenvalue weighted by Gasteiger charge is 2.25. The molecule has 1 fully saturated rings. The molecule has 2 amide bonds. The minimum absolute atomic E-state index is 0.0717. The summed E-state index contributed by atoms with van der Waals surface area (Å²) in [6, 6.07) is 5.02. The lowest BCUT2D eigenvalue weighted by Gasteiger charge is -2.22. The van der Waals surface area contributed by atoms with Gasteiger partial charge in [-0.1, -0.05) is 0 Å². The maximum absolute atomic E-state index is 14.1. The Morgan fingerprint density at radius 2 is 1.65 bits per heavy atom. The number of hydrogen-bond donors (Lipinski definition) is 1. The van der Waals surface area contributed by atoms with Gasteiger partial charge >= 0.3 is 5.97 Å². The van der Waals surface area contributed by atoms with Gasteiger partial charge < -0.3 is 14.9 Å². The lowest BCUT2D eigenvalue weighted by atomic mass is 10.1. The first-order valence-corrected chi connectivity index (χ1v) is 9.05. The first-order chi connectivity index (χ1) is 12.5. The van der Waals surface area contributed by atoms with Crippen LogP contribution >= 0.6 is 11.3 Å². The number of carboxylic acids is 1. The molecule has 1 N–H and O–H groups in total. The maximum atomic E-state index is 14.1. The standard InChI is InChI=1S/C18H17FN2O4S/c19-15-10-12(18(24)25)2-3-14(15)17(23)21-6-1-5-20(7-8-21)16(22)13-4-9-26-11-13/h2-4,9-11H,1,5-8H2,(H,24,25). The number of benzene rings is 1. The fourth-order valence-corrected chi connectivity index (χ4v) is 3.51. The van der Waals surface area contributed by atoms with Gasteiger partial charge in [0.2, 0.25) is 0 Å². The van der Waals surface area contributed by atoms with E-state index < -0.39 is 17.7 Å². The van der Waals surface area contributed by atoms with E-state index in [1.807, 2.05) is 5.38 Å². The Balaban J connectivity index is 1.70. The van der Waals surface area contributed by atoms with E-state index in [0.29, 0.717) is 38.2 Å². The van der Waals surface area contributed by atoms with Crippen LogP contribution in [0.1, 0.15) is 37.5 Å². The largest absolute Gasteiger partial charge is 0.478 e. The molecule has 3 rings (SSSR count). The van der Waals surface area contributed by atoms with Crippen LogP contribution in [0, 0.1) is 5.82 Å². The summed E-state index contributed by atoms with van der Waals surface area (Å²) in [5.41, 5.74) is 0.264. The molecule has 1 aliphatic rings. The van der Waals surface area contributed by atoms with E-state index in [4.69, 9.17) is 5.11 Å². The molecular weight excluding hydrogens is 359 g/mol. The summed E-state index contributed by atoms with van der Waals surface area (Å²) < 4.78 is 14.1. The van der Waals surface area contributed by atoms with E-state index in [0.717, 1.165) is 6.07 Å². The molecule has 0 unspecified atom stereocenters. The second kappa shape index (κ2) is 7.65. The van der Waals surface area contributed by atoms with E-state index in [1.54, 1.807) is 16.3 Å². The van der Waals surface area contributed by atoms with Crippen molar-refractivity contribution in [1.82, 2.24) is 9.80 Å². The van der Waals surface area contributed by atoms with Gasteiger partial charge in [-0.05, 0) is 36.1 Å². The Kier molecular flexibility index (Phi) is 5.32. The van der Waals surface area contributed by atoms with Gasteiger partial charge in [0.1, 0.15) is 5.82 Å². The van der Waals surface area contributed by atoms with Gasteiger partial charge in [0.25, 0.3) is 11.8 Å². The van der Waals surface area contributed by atoms with E-state index >= 15 is 0 Å². The number of amides is 2. The van der Waals surface area contributed by atoms with Gasteiger partial charge in [0.15, 0.2) is 0 Å². The zero-order chi connectivity index (χ0) is 18.7. The number of carboxylic acid groups (broad SMARTS) is 1. The minimum atomic E-state index is -1.25. The molecule has 1 aromatic carbocycles. The van der Waals surface area contributed by atoms with Gasteiger partial charge in [0, 0.05) is 31.6 Å². The van der Waals surface area contributed by atoms with Crippen LogP contribution in [0.4, 0.5) is 4.39 Å². The van der Waals surface area contributed by atoms with Crippen LogP contribution < -0.4 is 0 Å². The summed E-state index contributed by atoms with van der Waals surface area (Å²) in [7, 11) is 0. The fourth-order valence-electron chi connectivity index (χ4n) is 2.88. The van der Waals surface area contributed by atoms with Crippen molar-refractivity contribution >= 4 is 29.1 Å². The molecule has 2 aromatic rings. The number of thiophene rings is 1. The van der Waals surface area contributed by atoms with Crippen LogP contribution in [0.25, 0.3) is 0 Å². The minimum Gasteiger partial charge on any atom is -0.478 e. The van der Waals surface area contributed by atoms with Gasteiger partial charge in [-0.15, -0.1) is 0 Å². The fraction of sp³-hybridized carbons (Fsp3) is 0.278. The molecule has 1 aromatic heterocycles. The first kappa shape index (κ1) is 18.1. The Hall–Kier alpha value is -2.74. The lowest BCUT2D eigenvalue weighted by molar-refractivity contribution is 0.0693. The molecule has 0 bridgehead atoms. The molecule has 136 valence electrons. The van der Waals surface area contributed by atoms with Gasteiger partial charge in [0.05, 0.1) is 16.7 Å². The van der Waals surface area contributed by atoms with Crippen molar-refractivity contribution in [2.24, 2.45) is 0 Å².